The van der Waals surface area contributed by atoms with Crippen molar-refractivity contribution in [2.75, 3.05) is 0 Å². The summed E-state index contributed by atoms with van der Waals surface area (Å²) < 4.78 is 5.92. The summed E-state index contributed by atoms with van der Waals surface area (Å²) in [6, 6.07) is 12.9. The first-order valence-corrected chi connectivity index (χ1v) is 8.43. The fourth-order valence-electron chi connectivity index (χ4n) is 3.05. The van der Waals surface area contributed by atoms with Gasteiger partial charge in [-0.3, -0.25) is 0 Å². The van der Waals surface area contributed by atoms with E-state index in [4.69, 9.17) is 4.42 Å². The molecule has 0 aliphatic heterocycles. The van der Waals surface area contributed by atoms with Crippen LogP contribution in [0.25, 0.3) is 11.0 Å². The van der Waals surface area contributed by atoms with E-state index in [1.807, 2.05) is 29.5 Å². The Hall–Kier alpha value is -1.58. The molecule has 2 heterocycles. The molecule has 0 radical (unpaired) electrons. The number of fused-ring (bicyclic) bond motifs is 2. The van der Waals surface area contributed by atoms with E-state index in [-0.39, 0.29) is 6.04 Å². The molecule has 21 heavy (non-hydrogen) atoms. The van der Waals surface area contributed by atoms with Gasteiger partial charge in [0, 0.05) is 21.7 Å². The van der Waals surface area contributed by atoms with Gasteiger partial charge in [-0.25, -0.2) is 0 Å². The monoisotopic (exact) mass is 297 g/mol. The first-order valence-electron chi connectivity index (χ1n) is 7.62. The van der Waals surface area contributed by atoms with E-state index in [1.165, 1.54) is 29.5 Å². The molecule has 2 nitrogen and oxygen atoms in total. The molecule has 1 aliphatic carbocycles. The third kappa shape index (κ3) is 2.52. The highest BCUT2D eigenvalue weighted by molar-refractivity contribution is 7.12. The van der Waals surface area contributed by atoms with E-state index in [0.717, 1.165) is 17.9 Å². The van der Waals surface area contributed by atoms with E-state index >= 15 is 0 Å². The summed E-state index contributed by atoms with van der Waals surface area (Å²) >= 11 is 1.97. The van der Waals surface area contributed by atoms with Crippen LogP contribution < -0.4 is 5.32 Å². The number of aryl methyl sites for hydroxylation is 2. The van der Waals surface area contributed by atoms with Crippen LogP contribution in [-0.2, 0) is 19.4 Å². The molecular formula is C18H19NOS. The molecule has 1 atom stereocenters. The topological polar surface area (TPSA) is 25.2 Å². The Morgan fingerprint density at radius 3 is 3.00 bits per heavy atom. The fraction of sp³-hybridized carbons (Fsp3) is 0.333. The molecule has 1 aromatic carbocycles. The molecule has 0 fully saturated rings. The summed E-state index contributed by atoms with van der Waals surface area (Å²) in [4.78, 5) is 3.05. The number of nitrogens with one attached hydrogen (secondary N) is 1. The van der Waals surface area contributed by atoms with Crippen molar-refractivity contribution in [3.8, 4) is 0 Å². The molecule has 1 N–H and O–H groups in total. The SMILES string of the molecule is CC(NCc1cc2c(s1)CCC2)c1cc2ccccc2o1. The van der Waals surface area contributed by atoms with E-state index in [2.05, 4.69) is 30.4 Å². The Kier molecular flexibility index (Phi) is 3.32. The molecule has 0 spiro atoms. The van der Waals surface area contributed by atoms with Gasteiger partial charge in [0.2, 0.25) is 0 Å². The van der Waals surface area contributed by atoms with Gasteiger partial charge in [0.05, 0.1) is 6.04 Å². The lowest BCUT2D eigenvalue weighted by molar-refractivity contribution is 0.452. The molecule has 108 valence electrons. The van der Waals surface area contributed by atoms with Gasteiger partial charge in [-0.05, 0) is 49.9 Å². The van der Waals surface area contributed by atoms with Crippen molar-refractivity contribution in [2.45, 2.75) is 38.8 Å². The minimum atomic E-state index is 0.231. The zero-order valence-corrected chi connectivity index (χ0v) is 13.0. The molecule has 0 saturated heterocycles. The van der Waals surface area contributed by atoms with Crippen LogP contribution in [0.1, 0.15) is 40.5 Å². The van der Waals surface area contributed by atoms with E-state index in [9.17, 15) is 0 Å². The van der Waals surface area contributed by atoms with Gasteiger partial charge in [-0.2, -0.15) is 0 Å². The normalized spacial score (nSPS) is 15.5. The predicted molar refractivity (Wildman–Crippen MR) is 87.8 cm³/mol. The number of rotatable bonds is 4. The van der Waals surface area contributed by atoms with Crippen LogP contribution in [0.2, 0.25) is 0 Å². The van der Waals surface area contributed by atoms with Crippen LogP contribution in [0.3, 0.4) is 0 Å². The average Bonchev–Trinajstić information content (AvgIpc) is 3.17. The Morgan fingerprint density at radius 2 is 2.14 bits per heavy atom. The summed E-state index contributed by atoms with van der Waals surface area (Å²) in [6.45, 7) is 3.09. The zero-order valence-electron chi connectivity index (χ0n) is 12.2. The second-order valence-corrected chi connectivity index (χ2v) is 7.03. The maximum Gasteiger partial charge on any atom is 0.134 e. The Bertz CT molecular complexity index is 716. The summed E-state index contributed by atoms with van der Waals surface area (Å²) in [6.07, 6.45) is 3.88. The van der Waals surface area contributed by atoms with Crippen molar-refractivity contribution in [3.63, 3.8) is 0 Å². The summed E-state index contributed by atoms with van der Waals surface area (Å²) in [5.74, 6) is 1.01. The van der Waals surface area contributed by atoms with Gasteiger partial charge in [-0.1, -0.05) is 18.2 Å². The minimum Gasteiger partial charge on any atom is -0.459 e. The van der Waals surface area contributed by atoms with Crippen molar-refractivity contribution in [2.24, 2.45) is 0 Å². The van der Waals surface area contributed by atoms with Crippen molar-refractivity contribution in [3.05, 3.63) is 57.5 Å². The molecular weight excluding hydrogens is 278 g/mol. The summed E-state index contributed by atoms with van der Waals surface area (Å²) in [5.41, 5.74) is 2.55. The molecule has 2 aromatic heterocycles. The van der Waals surface area contributed by atoms with Crippen molar-refractivity contribution >= 4 is 22.3 Å². The van der Waals surface area contributed by atoms with Crippen molar-refractivity contribution in [1.82, 2.24) is 5.32 Å². The fourth-order valence-corrected chi connectivity index (χ4v) is 4.26. The molecule has 0 bridgehead atoms. The van der Waals surface area contributed by atoms with Crippen molar-refractivity contribution < 1.29 is 4.42 Å². The zero-order chi connectivity index (χ0) is 14.2. The summed E-state index contributed by atoms with van der Waals surface area (Å²) in [7, 11) is 0. The second-order valence-electron chi connectivity index (χ2n) is 5.80. The van der Waals surface area contributed by atoms with Crippen LogP contribution in [0.15, 0.2) is 40.8 Å². The lowest BCUT2D eigenvalue weighted by Gasteiger charge is -2.10. The van der Waals surface area contributed by atoms with E-state index in [1.54, 1.807) is 10.4 Å². The van der Waals surface area contributed by atoms with Crippen molar-refractivity contribution in [1.29, 1.82) is 0 Å². The number of benzene rings is 1. The van der Waals surface area contributed by atoms with Crippen LogP contribution >= 0.6 is 11.3 Å². The standard InChI is InChI=1S/C18H19NOS/c1-12(17-10-13-5-2-3-7-16(13)20-17)19-11-15-9-14-6-4-8-18(14)21-15/h2-3,5,7,9-10,12,19H,4,6,8,11H2,1H3. The number of hydrogen-bond acceptors (Lipinski definition) is 3. The van der Waals surface area contributed by atoms with Crippen LogP contribution in [0.4, 0.5) is 0 Å². The molecule has 3 aromatic rings. The lowest BCUT2D eigenvalue weighted by atomic mass is 10.2. The first-order chi connectivity index (χ1) is 10.3. The Balaban J connectivity index is 1.46. The molecule has 4 rings (SSSR count). The highest BCUT2D eigenvalue weighted by atomic mass is 32.1. The average molecular weight is 297 g/mol. The maximum absolute atomic E-state index is 5.92. The smallest absolute Gasteiger partial charge is 0.134 e. The molecule has 3 heteroatoms. The van der Waals surface area contributed by atoms with Crippen LogP contribution in [0.5, 0.6) is 0 Å². The van der Waals surface area contributed by atoms with Gasteiger partial charge in [0.15, 0.2) is 0 Å². The highest BCUT2D eigenvalue weighted by Gasteiger charge is 2.16. The number of para-hydroxylation sites is 1. The first kappa shape index (κ1) is 13.1. The number of furan rings is 1. The summed E-state index contributed by atoms with van der Waals surface area (Å²) in [5, 5.41) is 4.76. The number of thiophene rings is 1. The van der Waals surface area contributed by atoms with E-state index in [0.29, 0.717) is 0 Å². The minimum absolute atomic E-state index is 0.231. The van der Waals surface area contributed by atoms with Gasteiger partial charge in [-0.15, -0.1) is 11.3 Å². The van der Waals surface area contributed by atoms with Gasteiger partial charge in [0.1, 0.15) is 11.3 Å². The third-order valence-electron chi connectivity index (χ3n) is 4.25. The van der Waals surface area contributed by atoms with Crippen LogP contribution in [-0.4, -0.2) is 0 Å². The second kappa shape index (κ2) is 5.32. The van der Waals surface area contributed by atoms with E-state index < -0.39 is 0 Å². The van der Waals surface area contributed by atoms with Gasteiger partial charge < -0.3 is 9.73 Å². The Morgan fingerprint density at radius 1 is 1.24 bits per heavy atom. The molecule has 1 unspecified atom stereocenters. The van der Waals surface area contributed by atoms with Crippen LogP contribution in [0, 0.1) is 0 Å². The van der Waals surface area contributed by atoms with Gasteiger partial charge >= 0.3 is 0 Å². The predicted octanol–water partition coefficient (Wildman–Crippen LogP) is 4.83. The maximum atomic E-state index is 5.92. The molecule has 1 aliphatic rings. The largest absolute Gasteiger partial charge is 0.459 e. The van der Waals surface area contributed by atoms with Gasteiger partial charge in [0.25, 0.3) is 0 Å². The molecule has 0 saturated carbocycles. The Labute approximate surface area is 128 Å². The quantitative estimate of drug-likeness (QED) is 0.746. The third-order valence-corrected chi connectivity index (χ3v) is 5.49. The molecule has 0 amide bonds. The highest BCUT2D eigenvalue weighted by Crippen LogP contribution is 2.31. The lowest BCUT2D eigenvalue weighted by Crippen LogP contribution is -2.16. The number of hydrogen-bond donors (Lipinski definition) is 1.